The maximum Gasteiger partial charge on any atom is 0.303 e. The second kappa shape index (κ2) is 5.15. The van der Waals surface area contributed by atoms with Gasteiger partial charge in [-0.1, -0.05) is 11.6 Å². The van der Waals surface area contributed by atoms with Crippen molar-refractivity contribution in [3.8, 4) is 0 Å². The van der Waals surface area contributed by atoms with E-state index in [1.165, 1.54) is 5.57 Å². The molecule has 0 radical (unpaired) electrons. The Morgan fingerprint density at radius 3 is 2.79 bits per heavy atom. The van der Waals surface area contributed by atoms with Crippen LogP contribution in [-0.4, -0.2) is 35.1 Å². The van der Waals surface area contributed by atoms with Crippen LogP contribution in [0.25, 0.3) is 0 Å². The van der Waals surface area contributed by atoms with Gasteiger partial charge in [-0.3, -0.25) is 9.69 Å². The summed E-state index contributed by atoms with van der Waals surface area (Å²) in [5.74, 6) is -0.697. The molecular formula is C11H19NO2. The van der Waals surface area contributed by atoms with E-state index in [2.05, 4.69) is 24.8 Å². The molecule has 0 fully saturated rings. The monoisotopic (exact) mass is 197 g/mol. The number of rotatable bonds is 4. The summed E-state index contributed by atoms with van der Waals surface area (Å²) in [7, 11) is 0. The number of hydrogen-bond donors (Lipinski definition) is 1. The van der Waals surface area contributed by atoms with Gasteiger partial charge in [0.15, 0.2) is 0 Å². The van der Waals surface area contributed by atoms with E-state index in [-0.39, 0.29) is 6.42 Å². The molecular weight excluding hydrogens is 178 g/mol. The molecule has 3 nitrogen and oxygen atoms in total. The Bertz CT molecular complexity index is 233. The first kappa shape index (κ1) is 11.2. The third-order valence-electron chi connectivity index (χ3n) is 2.72. The second-order valence-corrected chi connectivity index (χ2v) is 4.09. The van der Waals surface area contributed by atoms with Crippen molar-refractivity contribution >= 4 is 5.97 Å². The Labute approximate surface area is 85.4 Å². The molecule has 1 aliphatic heterocycles. The average molecular weight is 197 g/mol. The van der Waals surface area contributed by atoms with Crippen LogP contribution in [0.1, 0.15) is 33.1 Å². The van der Waals surface area contributed by atoms with Crippen molar-refractivity contribution in [1.82, 2.24) is 4.90 Å². The van der Waals surface area contributed by atoms with Crippen LogP contribution in [0.15, 0.2) is 11.6 Å². The van der Waals surface area contributed by atoms with Crippen LogP contribution in [0, 0.1) is 0 Å². The SMILES string of the molecule is CC(C)N1CC=C(CCC(=O)O)CC1. The molecule has 1 aliphatic rings. The van der Waals surface area contributed by atoms with Gasteiger partial charge in [0.25, 0.3) is 0 Å². The van der Waals surface area contributed by atoms with Crippen molar-refractivity contribution in [2.45, 2.75) is 39.2 Å². The lowest BCUT2D eigenvalue weighted by Crippen LogP contribution is -2.34. The lowest BCUT2D eigenvalue weighted by molar-refractivity contribution is -0.136. The van der Waals surface area contributed by atoms with E-state index in [0.717, 1.165) is 25.9 Å². The van der Waals surface area contributed by atoms with E-state index in [4.69, 9.17) is 5.11 Å². The summed E-state index contributed by atoms with van der Waals surface area (Å²) in [4.78, 5) is 12.8. The van der Waals surface area contributed by atoms with E-state index in [1.54, 1.807) is 0 Å². The molecule has 0 bridgehead atoms. The second-order valence-electron chi connectivity index (χ2n) is 4.09. The third-order valence-corrected chi connectivity index (χ3v) is 2.72. The number of aliphatic carboxylic acids is 1. The summed E-state index contributed by atoms with van der Waals surface area (Å²) in [6.07, 6.45) is 4.21. The fraction of sp³-hybridized carbons (Fsp3) is 0.727. The largest absolute Gasteiger partial charge is 0.481 e. The van der Waals surface area contributed by atoms with Crippen LogP contribution < -0.4 is 0 Å². The number of nitrogens with zero attached hydrogens (tertiary/aromatic N) is 1. The Hall–Kier alpha value is -0.830. The maximum absolute atomic E-state index is 10.4. The number of carbonyl (C=O) groups is 1. The molecule has 0 amide bonds. The van der Waals surface area contributed by atoms with Crippen LogP contribution in [-0.2, 0) is 4.79 Å². The Morgan fingerprint density at radius 2 is 2.36 bits per heavy atom. The number of hydrogen-bond acceptors (Lipinski definition) is 2. The zero-order valence-corrected chi connectivity index (χ0v) is 8.99. The minimum Gasteiger partial charge on any atom is -0.481 e. The summed E-state index contributed by atoms with van der Waals surface area (Å²) >= 11 is 0. The summed E-state index contributed by atoms with van der Waals surface area (Å²) < 4.78 is 0. The first-order valence-electron chi connectivity index (χ1n) is 5.23. The normalized spacial score (nSPS) is 18.4. The van der Waals surface area contributed by atoms with E-state index in [1.807, 2.05) is 0 Å². The Kier molecular flexibility index (Phi) is 4.14. The summed E-state index contributed by atoms with van der Waals surface area (Å²) in [5, 5.41) is 8.55. The molecule has 0 aliphatic carbocycles. The highest BCUT2D eigenvalue weighted by Gasteiger charge is 2.14. The van der Waals surface area contributed by atoms with Gasteiger partial charge in [-0.25, -0.2) is 0 Å². The topological polar surface area (TPSA) is 40.5 Å². The highest BCUT2D eigenvalue weighted by Crippen LogP contribution is 2.17. The van der Waals surface area contributed by atoms with Crippen molar-refractivity contribution in [3.05, 3.63) is 11.6 Å². The van der Waals surface area contributed by atoms with Gasteiger partial charge in [0, 0.05) is 25.6 Å². The van der Waals surface area contributed by atoms with E-state index in [9.17, 15) is 4.79 Å². The number of carboxylic acid groups (broad SMARTS) is 1. The molecule has 0 aromatic carbocycles. The van der Waals surface area contributed by atoms with Crippen LogP contribution in [0.2, 0.25) is 0 Å². The fourth-order valence-corrected chi connectivity index (χ4v) is 1.69. The summed E-state index contributed by atoms with van der Waals surface area (Å²) in [6.45, 7) is 6.43. The van der Waals surface area contributed by atoms with E-state index in [0.29, 0.717) is 6.04 Å². The molecule has 80 valence electrons. The van der Waals surface area contributed by atoms with Crippen molar-refractivity contribution in [1.29, 1.82) is 0 Å². The van der Waals surface area contributed by atoms with Crippen molar-refractivity contribution in [2.75, 3.05) is 13.1 Å². The molecule has 14 heavy (non-hydrogen) atoms. The molecule has 0 saturated heterocycles. The predicted octanol–water partition coefficient (Wildman–Crippen LogP) is 1.89. The molecule has 3 heteroatoms. The van der Waals surface area contributed by atoms with Crippen molar-refractivity contribution in [3.63, 3.8) is 0 Å². The van der Waals surface area contributed by atoms with Gasteiger partial charge in [0.2, 0.25) is 0 Å². The predicted molar refractivity (Wildman–Crippen MR) is 56.3 cm³/mol. The molecule has 0 aromatic heterocycles. The van der Waals surface area contributed by atoms with Crippen molar-refractivity contribution in [2.24, 2.45) is 0 Å². The molecule has 0 atom stereocenters. The van der Waals surface area contributed by atoms with E-state index < -0.39 is 5.97 Å². The van der Waals surface area contributed by atoms with Gasteiger partial charge in [-0.15, -0.1) is 0 Å². The highest BCUT2D eigenvalue weighted by atomic mass is 16.4. The zero-order valence-electron chi connectivity index (χ0n) is 8.99. The van der Waals surface area contributed by atoms with Gasteiger partial charge < -0.3 is 5.11 Å². The van der Waals surface area contributed by atoms with Gasteiger partial charge in [0.1, 0.15) is 0 Å². The first-order chi connectivity index (χ1) is 6.59. The van der Waals surface area contributed by atoms with Crippen LogP contribution in [0.3, 0.4) is 0 Å². The minimum absolute atomic E-state index is 0.271. The highest BCUT2D eigenvalue weighted by molar-refractivity contribution is 5.67. The Morgan fingerprint density at radius 1 is 1.64 bits per heavy atom. The number of carboxylic acids is 1. The lowest BCUT2D eigenvalue weighted by atomic mass is 10.0. The standard InChI is InChI=1S/C11H19NO2/c1-9(2)12-7-5-10(6-8-12)3-4-11(13)14/h5,9H,3-4,6-8H2,1-2H3,(H,13,14). The van der Waals surface area contributed by atoms with Gasteiger partial charge >= 0.3 is 5.97 Å². The molecule has 1 rings (SSSR count). The summed E-state index contributed by atoms with van der Waals surface area (Å²) in [5.41, 5.74) is 1.31. The lowest BCUT2D eigenvalue weighted by Gasteiger charge is -2.29. The van der Waals surface area contributed by atoms with E-state index >= 15 is 0 Å². The Balaban J connectivity index is 2.33. The molecule has 0 saturated carbocycles. The summed E-state index contributed by atoms with van der Waals surface area (Å²) in [6, 6.07) is 0.590. The molecule has 0 aromatic rings. The minimum atomic E-state index is -0.697. The average Bonchev–Trinajstić information content (AvgIpc) is 2.15. The van der Waals surface area contributed by atoms with Crippen LogP contribution in [0.4, 0.5) is 0 Å². The molecule has 0 spiro atoms. The third kappa shape index (κ3) is 3.50. The van der Waals surface area contributed by atoms with Gasteiger partial charge in [-0.05, 0) is 26.7 Å². The smallest absolute Gasteiger partial charge is 0.303 e. The molecule has 0 unspecified atom stereocenters. The van der Waals surface area contributed by atoms with Crippen LogP contribution in [0.5, 0.6) is 0 Å². The fourth-order valence-electron chi connectivity index (χ4n) is 1.69. The molecule has 1 N–H and O–H groups in total. The maximum atomic E-state index is 10.4. The zero-order chi connectivity index (χ0) is 10.6. The van der Waals surface area contributed by atoms with Gasteiger partial charge in [-0.2, -0.15) is 0 Å². The van der Waals surface area contributed by atoms with Crippen molar-refractivity contribution < 1.29 is 9.90 Å². The molecule has 1 heterocycles. The van der Waals surface area contributed by atoms with Crippen LogP contribution >= 0.6 is 0 Å². The quantitative estimate of drug-likeness (QED) is 0.700. The van der Waals surface area contributed by atoms with Gasteiger partial charge in [0.05, 0.1) is 0 Å². The first-order valence-corrected chi connectivity index (χ1v) is 5.23.